The van der Waals surface area contributed by atoms with Crippen LogP contribution in [0.3, 0.4) is 0 Å². The van der Waals surface area contributed by atoms with Crippen molar-refractivity contribution in [2.75, 3.05) is 18.1 Å². The molecule has 0 aromatic heterocycles. The third-order valence-electron chi connectivity index (χ3n) is 4.35. The van der Waals surface area contributed by atoms with Crippen LogP contribution in [0.25, 0.3) is 10.8 Å². The molecule has 0 amide bonds. The first-order chi connectivity index (χ1) is 9.54. The fraction of sp³-hybridized carbons (Fsp3) is 0.375. The maximum atomic E-state index is 11.8. The molecule has 1 aliphatic rings. The second-order valence-electron chi connectivity index (χ2n) is 5.86. The van der Waals surface area contributed by atoms with Gasteiger partial charge in [-0.3, -0.25) is 0 Å². The summed E-state index contributed by atoms with van der Waals surface area (Å²) < 4.78 is 23.6. The summed E-state index contributed by atoms with van der Waals surface area (Å²) in [6.45, 7) is 0.426. The van der Waals surface area contributed by atoms with Gasteiger partial charge in [0, 0.05) is 5.41 Å². The van der Waals surface area contributed by atoms with Gasteiger partial charge in [-0.1, -0.05) is 42.5 Å². The first-order valence-electron chi connectivity index (χ1n) is 6.91. The van der Waals surface area contributed by atoms with Gasteiger partial charge in [-0.25, -0.2) is 8.42 Å². The summed E-state index contributed by atoms with van der Waals surface area (Å²) in [7, 11) is -2.92. The summed E-state index contributed by atoms with van der Waals surface area (Å²) >= 11 is 0. The van der Waals surface area contributed by atoms with Crippen LogP contribution < -0.4 is 5.73 Å². The Labute approximate surface area is 119 Å². The highest BCUT2D eigenvalue weighted by Gasteiger charge is 2.41. The minimum absolute atomic E-state index is 0.222. The van der Waals surface area contributed by atoms with E-state index in [1.807, 2.05) is 18.2 Å². The van der Waals surface area contributed by atoms with Crippen LogP contribution in [-0.4, -0.2) is 26.5 Å². The Bertz CT molecular complexity index is 734. The quantitative estimate of drug-likeness (QED) is 0.942. The molecule has 20 heavy (non-hydrogen) atoms. The molecule has 0 saturated carbocycles. The van der Waals surface area contributed by atoms with E-state index in [4.69, 9.17) is 5.73 Å². The van der Waals surface area contributed by atoms with Gasteiger partial charge in [0.05, 0.1) is 11.5 Å². The molecule has 2 aromatic rings. The maximum Gasteiger partial charge on any atom is 0.150 e. The molecule has 1 aliphatic heterocycles. The van der Waals surface area contributed by atoms with E-state index in [2.05, 4.69) is 24.3 Å². The molecule has 0 aliphatic carbocycles. The number of sulfone groups is 1. The molecule has 3 nitrogen and oxygen atoms in total. The molecule has 106 valence electrons. The van der Waals surface area contributed by atoms with Crippen LogP contribution in [0.15, 0.2) is 42.5 Å². The van der Waals surface area contributed by atoms with Gasteiger partial charge < -0.3 is 5.73 Å². The Morgan fingerprint density at radius 1 is 1.10 bits per heavy atom. The molecular weight excluding hydrogens is 270 g/mol. The third-order valence-corrected chi connectivity index (χ3v) is 6.23. The summed E-state index contributed by atoms with van der Waals surface area (Å²) in [4.78, 5) is 0. The summed E-state index contributed by atoms with van der Waals surface area (Å²) in [5.74, 6) is 0.495. The fourth-order valence-corrected chi connectivity index (χ4v) is 5.39. The van der Waals surface area contributed by atoms with Gasteiger partial charge in [-0.2, -0.15) is 0 Å². The second-order valence-corrected chi connectivity index (χ2v) is 8.05. The molecule has 0 bridgehead atoms. The molecule has 1 fully saturated rings. The van der Waals surface area contributed by atoms with Gasteiger partial charge in [0.15, 0.2) is 9.84 Å². The number of rotatable bonds is 3. The first-order valence-corrected chi connectivity index (χ1v) is 8.73. The lowest BCUT2D eigenvalue weighted by atomic mass is 9.80. The van der Waals surface area contributed by atoms with Crippen molar-refractivity contribution in [2.45, 2.75) is 12.8 Å². The van der Waals surface area contributed by atoms with Crippen LogP contribution in [0.4, 0.5) is 0 Å². The normalized spacial score (nSPS) is 25.1. The fourth-order valence-electron chi connectivity index (χ4n) is 3.21. The molecule has 1 unspecified atom stereocenters. The lowest BCUT2D eigenvalue weighted by Crippen LogP contribution is -2.34. The number of nitrogens with two attached hydrogens (primary N) is 1. The zero-order chi connectivity index (χ0) is 14.2. The Kier molecular flexibility index (Phi) is 3.30. The van der Waals surface area contributed by atoms with Gasteiger partial charge >= 0.3 is 0 Å². The van der Waals surface area contributed by atoms with Gasteiger partial charge in [-0.05, 0) is 35.7 Å². The maximum absolute atomic E-state index is 11.8. The Hall–Kier alpha value is -1.39. The molecular formula is C16H19NO2S. The molecule has 2 N–H and O–H groups in total. The van der Waals surface area contributed by atoms with E-state index in [1.54, 1.807) is 0 Å². The minimum Gasteiger partial charge on any atom is -0.330 e. The summed E-state index contributed by atoms with van der Waals surface area (Å²) in [6.07, 6.45) is 1.42. The highest BCUT2D eigenvalue weighted by molar-refractivity contribution is 7.91. The first kappa shape index (κ1) is 13.6. The lowest BCUT2D eigenvalue weighted by molar-refractivity contribution is 0.345. The molecule has 0 spiro atoms. The molecule has 1 heterocycles. The van der Waals surface area contributed by atoms with Crippen molar-refractivity contribution in [3.63, 3.8) is 0 Å². The Morgan fingerprint density at radius 2 is 1.85 bits per heavy atom. The highest BCUT2D eigenvalue weighted by atomic mass is 32.2. The van der Waals surface area contributed by atoms with Crippen molar-refractivity contribution in [2.24, 2.45) is 11.1 Å². The van der Waals surface area contributed by atoms with E-state index in [-0.39, 0.29) is 16.9 Å². The van der Waals surface area contributed by atoms with Crippen molar-refractivity contribution in [3.8, 4) is 0 Å². The monoisotopic (exact) mass is 289 g/mol. The van der Waals surface area contributed by atoms with E-state index in [0.29, 0.717) is 13.0 Å². The average Bonchev–Trinajstić information content (AvgIpc) is 2.75. The van der Waals surface area contributed by atoms with Crippen molar-refractivity contribution < 1.29 is 8.42 Å². The number of benzene rings is 2. The third kappa shape index (κ3) is 2.45. The summed E-state index contributed by atoms with van der Waals surface area (Å²) in [6, 6.07) is 14.4. The van der Waals surface area contributed by atoms with Crippen molar-refractivity contribution in [1.82, 2.24) is 0 Å². The van der Waals surface area contributed by atoms with E-state index in [0.717, 1.165) is 6.42 Å². The van der Waals surface area contributed by atoms with Crippen LogP contribution in [0.2, 0.25) is 0 Å². The van der Waals surface area contributed by atoms with Crippen molar-refractivity contribution in [3.05, 3.63) is 48.0 Å². The predicted octanol–water partition coefficient (Wildman–Crippen LogP) is 2.15. The number of fused-ring (bicyclic) bond motifs is 1. The van der Waals surface area contributed by atoms with E-state index < -0.39 is 9.84 Å². The second kappa shape index (κ2) is 4.86. The Balaban J connectivity index is 2.00. The predicted molar refractivity (Wildman–Crippen MR) is 82.4 cm³/mol. The van der Waals surface area contributed by atoms with Crippen LogP contribution >= 0.6 is 0 Å². The number of hydrogen-bond donors (Lipinski definition) is 1. The van der Waals surface area contributed by atoms with Gasteiger partial charge in [0.25, 0.3) is 0 Å². The van der Waals surface area contributed by atoms with Crippen LogP contribution in [0.1, 0.15) is 12.0 Å². The van der Waals surface area contributed by atoms with Crippen molar-refractivity contribution in [1.29, 1.82) is 0 Å². The van der Waals surface area contributed by atoms with E-state index in [1.165, 1.54) is 16.3 Å². The van der Waals surface area contributed by atoms with Gasteiger partial charge in [-0.15, -0.1) is 0 Å². The molecule has 0 radical (unpaired) electrons. The van der Waals surface area contributed by atoms with Crippen LogP contribution in [0, 0.1) is 5.41 Å². The number of hydrogen-bond acceptors (Lipinski definition) is 3. The zero-order valence-electron chi connectivity index (χ0n) is 11.4. The largest absolute Gasteiger partial charge is 0.330 e. The van der Waals surface area contributed by atoms with Gasteiger partial charge in [0.1, 0.15) is 0 Å². The highest BCUT2D eigenvalue weighted by Crippen LogP contribution is 2.36. The van der Waals surface area contributed by atoms with Crippen LogP contribution in [0.5, 0.6) is 0 Å². The molecule has 3 rings (SSSR count). The summed E-state index contributed by atoms with van der Waals surface area (Å²) in [5, 5.41) is 2.39. The Morgan fingerprint density at radius 3 is 2.55 bits per heavy atom. The average molecular weight is 289 g/mol. The lowest BCUT2D eigenvalue weighted by Gasteiger charge is -2.26. The molecule has 2 aromatic carbocycles. The van der Waals surface area contributed by atoms with E-state index >= 15 is 0 Å². The van der Waals surface area contributed by atoms with Crippen molar-refractivity contribution >= 4 is 20.6 Å². The minimum atomic E-state index is -2.92. The standard InChI is InChI=1S/C16H19NO2S/c17-11-16(8-9-20(18,19)12-16)10-14-6-3-5-13-4-1-2-7-15(13)14/h1-7H,8-12,17H2. The molecule has 1 atom stereocenters. The smallest absolute Gasteiger partial charge is 0.150 e. The molecule has 4 heteroatoms. The zero-order valence-corrected chi connectivity index (χ0v) is 12.2. The summed E-state index contributed by atoms with van der Waals surface area (Å²) in [5.41, 5.74) is 6.83. The molecule has 1 saturated heterocycles. The SMILES string of the molecule is NCC1(Cc2cccc3ccccc23)CCS(=O)(=O)C1. The van der Waals surface area contributed by atoms with Crippen LogP contribution in [-0.2, 0) is 16.3 Å². The topological polar surface area (TPSA) is 60.2 Å². The van der Waals surface area contributed by atoms with Gasteiger partial charge in [0.2, 0.25) is 0 Å². The van der Waals surface area contributed by atoms with E-state index in [9.17, 15) is 8.42 Å².